The minimum atomic E-state index is -0.553. The lowest BCUT2D eigenvalue weighted by Gasteiger charge is -2.13. The van der Waals surface area contributed by atoms with Crippen molar-refractivity contribution >= 4 is 63.8 Å². The van der Waals surface area contributed by atoms with E-state index >= 15 is 0 Å². The van der Waals surface area contributed by atoms with Crippen LogP contribution in [0.5, 0.6) is 0 Å². The molecule has 1 aliphatic heterocycles. The second-order valence-corrected chi connectivity index (χ2v) is 9.76. The van der Waals surface area contributed by atoms with Gasteiger partial charge in [-0.05, 0) is 65.7 Å². The highest BCUT2D eigenvalue weighted by molar-refractivity contribution is 8.18. The normalized spacial score (nSPS) is 15.0. The first-order valence-electron chi connectivity index (χ1n) is 10.4. The number of thioether (sulfide) groups is 1. The van der Waals surface area contributed by atoms with Crippen molar-refractivity contribution < 1.29 is 18.8 Å². The fourth-order valence-corrected chi connectivity index (χ4v) is 4.65. The maximum Gasteiger partial charge on any atom is 0.294 e. The van der Waals surface area contributed by atoms with Crippen molar-refractivity contribution in [2.75, 3.05) is 11.9 Å². The predicted molar refractivity (Wildman–Crippen MR) is 136 cm³/mol. The van der Waals surface area contributed by atoms with Crippen molar-refractivity contribution in [2.45, 2.75) is 19.8 Å². The van der Waals surface area contributed by atoms with Crippen LogP contribution < -0.4 is 5.32 Å². The third-order valence-electron chi connectivity index (χ3n) is 5.13. The quantitative estimate of drug-likeness (QED) is 0.356. The van der Waals surface area contributed by atoms with Gasteiger partial charge in [-0.2, -0.15) is 0 Å². The lowest BCUT2D eigenvalue weighted by Crippen LogP contribution is -2.36. The summed E-state index contributed by atoms with van der Waals surface area (Å²) in [7, 11) is 0. The molecule has 2 heterocycles. The third kappa shape index (κ3) is 5.38. The van der Waals surface area contributed by atoms with Crippen molar-refractivity contribution in [1.82, 2.24) is 4.90 Å². The van der Waals surface area contributed by atoms with Gasteiger partial charge in [-0.25, -0.2) is 0 Å². The van der Waals surface area contributed by atoms with Gasteiger partial charge < -0.3 is 9.73 Å². The van der Waals surface area contributed by atoms with Crippen molar-refractivity contribution in [1.29, 1.82) is 0 Å². The summed E-state index contributed by atoms with van der Waals surface area (Å²) in [6.45, 7) is 3.78. The van der Waals surface area contributed by atoms with Crippen LogP contribution in [0, 0.1) is 0 Å². The summed E-state index contributed by atoms with van der Waals surface area (Å²) in [6.07, 6.45) is 1.47. The van der Waals surface area contributed by atoms with Gasteiger partial charge in [0.05, 0.1) is 9.93 Å². The standard InChI is InChI=1S/C25H20Cl2N2O4S/c1-14(2)15-3-6-17(7-4-15)28-23(30)13-29-24(31)22(34-25(29)32)12-18-8-10-21(33-18)19-9-5-16(26)11-20(19)27/h3-12,14H,13H2,1-2H3,(H,28,30)/b22-12+. The molecule has 3 aromatic rings. The van der Waals surface area contributed by atoms with Gasteiger partial charge in [0.2, 0.25) is 5.91 Å². The number of nitrogens with one attached hydrogen (secondary N) is 1. The number of carbonyl (C=O) groups is 3. The monoisotopic (exact) mass is 514 g/mol. The number of anilines is 1. The van der Waals surface area contributed by atoms with Crippen LogP contribution in [0.15, 0.2) is 63.9 Å². The van der Waals surface area contributed by atoms with E-state index in [4.69, 9.17) is 27.6 Å². The zero-order valence-electron chi connectivity index (χ0n) is 18.3. The highest BCUT2D eigenvalue weighted by atomic mass is 35.5. The van der Waals surface area contributed by atoms with Crippen LogP contribution in [0.3, 0.4) is 0 Å². The number of imide groups is 1. The summed E-state index contributed by atoms with van der Waals surface area (Å²) in [5, 5.41) is 3.13. The summed E-state index contributed by atoms with van der Waals surface area (Å²) in [6, 6.07) is 15.9. The van der Waals surface area contributed by atoms with Gasteiger partial charge in [0, 0.05) is 22.3 Å². The number of hydrogen-bond acceptors (Lipinski definition) is 5. The van der Waals surface area contributed by atoms with Crippen molar-refractivity contribution in [3.63, 3.8) is 0 Å². The van der Waals surface area contributed by atoms with Crippen LogP contribution >= 0.6 is 35.0 Å². The molecule has 2 aromatic carbocycles. The fraction of sp³-hybridized carbons (Fsp3) is 0.160. The van der Waals surface area contributed by atoms with E-state index in [0.29, 0.717) is 38.7 Å². The first kappa shape index (κ1) is 24.1. The molecule has 1 N–H and O–H groups in total. The summed E-state index contributed by atoms with van der Waals surface area (Å²) >= 11 is 12.9. The van der Waals surface area contributed by atoms with Gasteiger partial charge in [-0.15, -0.1) is 0 Å². The summed E-state index contributed by atoms with van der Waals surface area (Å²) < 4.78 is 5.78. The van der Waals surface area contributed by atoms with Crippen LogP contribution in [0.2, 0.25) is 10.0 Å². The van der Waals surface area contributed by atoms with Gasteiger partial charge in [-0.3, -0.25) is 19.3 Å². The molecular formula is C25H20Cl2N2O4S. The van der Waals surface area contributed by atoms with E-state index in [-0.39, 0.29) is 11.4 Å². The Labute approximate surface area is 210 Å². The molecule has 0 saturated carbocycles. The van der Waals surface area contributed by atoms with E-state index in [1.165, 1.54) is 6.08 Å². The molecule has 3 amide bonds. The second kappa shape index (κ2) is 10.1. The highest BCUT2D eigenvalue weighted by Gasteiger charge is 2.36. The third-order valence-corrected chi connectivity index (χ3v) is 6.59. The minimum absolute atomic E-state index is 0.169. The zero-order valence-corrected chi connectivity index (χ0v) is 20.6. The largest absolute Gasteiger partial charge is 0.457 e. The average molecular weight is 515 g/mol. The maximum absolute atomic E-state index is 12.8. The Bertz CT molecular complexity index is 1300. The van der Waals surface area contributed by atoms with Crippen molar-refractivity contribution in [3.05, 3.63) is 80.9 Å². The maximum atomic E-state index is 12.8. The lowest BCUT2D eigenvalue weighted by atomic mass is 10.0. The Morgan fingerprint density at radius 1 is 1.09 bits per heavy atom. The van der Waals surface area contributed by atoms with Crippen LogP contribution in [0.1, 0.15) is 31.1 Å². The molecule has 0 unspecified atom stereocenters. The molecule has 1 aromatic heterocycles. The van der Waals surface area contributed by atoms with Crippen LogP contribution in [0.25, 0.3) is 17.4 Å². The molecule has 1 aliphatic rings. The fourth-order valence-electron chi connectivity index (χ4n) is 3.33. The SMILES string of the molecule is CC(C)c1ccc(NC(=O)CN2C(=O)S/C(=C/c3ccc(-c4ccc(Cl)cc4Cl)o3)C2=O)cc1. The Morgan fingerprint density at radius 3 is 2.50 bits per heavy atom. The Kier molecular flexibility index (Phi) is 7.16. The molecule has 174 valence electrons. The molecular weight excluding hydrogens is 495 g/mol. The number of carbonyl (C=O) groups excluding carboxylic acids is 3. The summed E-state index contributed by atoms with van der Waals surface area (Å²) in [5.74, 6) is 0.234. The first-order chi connectivity index (χ1) is 16.2. The summed E-state index contributed by atoms with van der Waals surface area (Å²) in [4.78, 5) is 38.7. The number of amides is 3. The molecule has 0 atom stereocenters. The van der Waals surface area contributed by atoms with Crippen LogP contribution in [-0.4, -0.2) is 28.5 Å². The van der Waals surface area contributed by atoms with Crippen LogP contribution in [0.4, 0.5) is 10.5 Å². The molecule has 0 aliphatic carbocycles. The predicted octanol–water partition coefficient (Wildman–Crippen LogP) is 7.05. The summed E-state index contributed by atoms with van der Waals surface area (Å²) in [5.41, 5.74) is 2.39. The first-order valence-corrected chi connectivity index (χ1v) is 12.0. The van der Waals surface area contributed by atoms with Gasteiger partial charge in [0.25, 0.3) is 11.1 Å². The molecule has 0 spiro atoms. The van der Waals surface area contributed by atoms with Crippen LogP contribution in [-0.2, 0) is 9.59 Å². The van der Waals surface area contributed by atoms with Gasteiger partial charge >= 0.3 is 0 Å². The number of benzene rings is 2. The Balaban J connectivity index is 1.43. The van der Waals surface area contributed by atoms with Gasteiger partial charge in [0.15, 0.2) is 0 Å². The Morgan fingerprint density at radius 2 is 1.82 bits per heavy atom. The highest BCUT2D eigenvalue weighted by Crippen LogP contribution is 2.35. The topological polar surface area (TPSA) is 79.6 Å². The van der Waals surface area contributed by atoms with E-state index < -0.39 is 17.1 Å². The zero-order chi connectivity index (χ0) is 24.4. The van der Waals surface area contributed by atoms with Gasteiger partial charge in [-0.1, -0.05) is 49.2 Å². The number of hydrogen-bond donors (Lipinski definition) is 1. The molecule has 4 rings (SSSR count). The number of furan rings is 1. The molecule has 9 heteroatoms. The van der Waals surface area contributed by atoms with Crippen molar-refractivity contribution in [3.8, 4) is 11.3 Å². The van der Waals surface area contributed by atoms with E-state index in [1.54, 1.807) is 42.5 Å². The Hall–Kier alpha value is -3.00. The lowest BCUT2D eigenvalue weighted by molar-refractivity contribution is -0.127. The van der Waals surface area contributed by atoms with Crippen molar-refractivity contribution in [2.24, 2.45) is 0 Å². The number of halogens is 2. The molecule has 6 nitrogen and oxygen atoms in total. The second-order valence-electron chi connectivity index (χ2n) is 7.92. The molecule has 1 saturated heterocycles. The smallest absolute Gasteiger partial charge is 0.294 e. The minimum Gasteiger partial charge on any atom is -0.457 e. The van der Waals surface area contributed by atoms with E-state index in [9.17, 15) is 14.4 Å². The van der Waals surface area contributed by atoms with E-state index in [0.717, 1.165) is 22.2 Å². The molecule has 0 radical (unpaired) electrons. The van der Waals surface area contributed by atoms with E-state index in [2.05, 4.69) is 19.2 Å². The van der Waals surface area contributed by atoms with E-state index in [1.807, 2.05) is 12.1 Å². The molecule has 0 bridgehead atoms. The number of nitrogens with zero attached hydrogens (tertiary/aromatic N) is 1. The molecule has 1 fully saturated rings. The average Bonchev–Trinajstić information content (AvgIpc) is 3.34. The van der Waals surface area contributed by atoms with Gasteiger partial charge in [0.1, 0.15) is 18.1 Å². The molecule has 34 heavy (non-hydrogen) atoms. The number of rotatable bonds is 6.